The third-order valence-electron chi connectivity index (χ3n) is 7.36. The van der Waals surface area contributed by atoms with E-state index in [-0.39, 0.29) is 29.0 Å². The number of aromatic nitrogens is 4. The normalized spacial score (nSPS) is 17.7. The highest BCUT2D eigenvalue weighted by atomic mass is 19.4. The van der Waals surface area contributed by atoms with Crippen molar-refractivity contribution in [2.45, 2.75) is 64.2 Å². The number of hydrogen-bond acceptors (Lipinski definition) is 6. The molecule has 210 valence electrons. The van der Waals surface area contributed by atoms with Crippen LogP contribution in [-0.4, -0.2) is 37.7 Å². The number of nitrogens with two attached hydrogens (primary N) is 1. The second-order valence-corrected chi connectivity index (χ2v) is 10.3. The Labute approximate surface area is 230 Å². The van der Waals surface area contributed by atoms with E-state index in [9.17, 15) is 18.0 Å². The second-order valence-electron chi connectivity index (χ2n) is 10.3. The van der Waals surface area contributed by atoms with Gasteiger partial charge in [0.2, 0.25) is 11.9 Å². The largest absolute Gasteiger partial charge is 0.417 e. The van der Waals surface area contributed by atoms with E-state index in [1.54, 1.807) is 24.0 Å². The van der Waals surface area contributed by atoms with Gasteiger partial charge in [0.1, 0.15) is 0 Å². The van der Waals surface area contributed by atoms with Crippen molar-refractivity contribution >= 4 is 28.4 Å². The van der Waals surface area contributed by atoms with Crippen LogP contribution >= 0.6 is 0 Å². The first-order chi connectivity index (χ1) is 19.0. The summed E-state index contributed by atoms with van der Waals surface area (Å²) < 4.78 is 43.5. The molecule has 0 saturated heterocycles. The minimum absolute atomic E-state index is 0.0492. The van der Waals surface area contributed by atoms with E-state index in [4.69, 9.17) is 10.7 Å². The predicted octanol–water partition coefficient (Wildman–Crippen LogP) is 5.92. The zero-order chi connectivity index (χ0) is 28.6. The Morgan fingerprint density at radius 2 is 1.90 bits per heavy atom. The molecule has 5 rings (SSSR count). The molecule has 0 atom stereocenters. The second kappa shape index (κ2) is 10.9. The number of alkyl halides is 3. The molecule has 2 aromatic carbocycles. The topological polar surface area (TPSA) is 111 Å². The first-order valence-electron chi connectivity index (χ1n) is 13.4. The van der Waals surface area contributed by atoms with E-state index >= 15 is 0 Å². The van der Waals surface area contributed by atoms with Gasteiger partial charge in [0.05, 0.1) is 28.2 Å². The monoisotopic (exact) mass is 551 g/mol. The number of anilines is 2. The fourth-order valence-electron chi connectivity index (χ4n) is 5.37. The molecule has 0 aliphatic heterocycles. The maximum atomic E-state index is 14.0. The summed E-state index contributed by atoms with van der Waals surface area (Å²) in [6.45, 7) is 3.28. The minimum atomic E-state index is -4.63. The van der Waals surface area contributed by atoms with Gasteiger partial charge in [0.15, 0.2) is 0 Å². The van der Waals surface area contributed by atoms with E-state index in [0.29, 0.717) is 18.1 Å². The van der Waals surface area contributed by atoms with E-state index in [1.807, 2.05) is 19.1 Å². The van der Waals surface area contributed by atoms with Gasteiger partial charge in [-0.1, -0.05) is 13.0 Å². The Morgan fingerprint density at radius 1 is 1.15 bits per heavy atom. The molecular weight excluding hydrogens is 519 g/mol. The number of aryl methyl sites for hydroxylation is 2. The lowest BCUT2D eigenvalue weighted by Crippen LogP contribution is -2.33. The summed E-state index contributed by atoms with van der Waals surface area (Å²) in [5.74, 6) is 0.104. The van der Waals surface area contributed by atoms with Crippen molar-refractivity contribution in [1.82, 2.24) is 19.7 Å². The van der Waals surface area contributed by atoms with Gasteiger partial charge < -0.3 is 16.4 Å². The molecule has 1 aliphatic rings. The lowest BCUT2D eigenvalue weighted by Gasteiger charge is -2.26. The molecule has 4 aromatic rings. The molecule has 1 aliphatic carbocycles. The number of halogens is 3. The molecule has 40 heavy (non-hydrogen) atoms. The molecule has 2 aromatic heterocycles. The summed E-state index contributed by atoms with van der Waals surface area (Å²) in [4.78, 5) is 21.1. The Hall–Kier alpha value is -3.99. The number of benzene rings is 2. The lowest BCUT2D eigenvalue weighted by atomic mass is 9.92. The molecule has 0 bridgehead atoms. The highest BCUT2D eigenvalue weighted by molar-refractivity contribution is 5.95. The van der Waals surface area contributed by atoms with E-state index in [2.05, 4.69) is 20.7 Å². The molecular formula is C29H32F3N7O. The van der Waals surface area contributed by atoms with Crippen molar-refractivity contribution in [1.29, 1.82) is 0 Å². The first kappa shape index (κ1) is 27.6. The van der Waals surface area contributed by atoms with Gasteiger partial charge in [-0.25, -0.2) is 9.97 Å². The summed E-state index contributed by atoms with van der Waals surface area (Å²) in [6, 6.07) is 9.77. The van der Waals surface area contributed by atoms with Gasteiger partial charge in [0.25, 0.3) is 0 Å². The highest BCUT2D eigenvalue weighted by Gasteiger charge is 2.36. The highest BCUT2D eigenvalue weighted by Crippen LogP contribution is 2.42. The smallest absolute Gasteiger partial charge is 0.351 e. The van der Waals surface area contributed by atoms with Crippen LogP contribution in [0.25, 0.3) is 33.4 Å². The quantitative estimate of drug-likeness (QED) is 0.274. The average Bonchev–Trinajstić information content (AvgIpc) is 3.29. The molecule has 0 spiro atoms. The Kier molecular flexibility index (Phi) is 7.50. The SMILES string of the molecule is CCc1cc(-c2cc(-c3c(NC(C)=O)cccc3C(F)(F)F)nn2C)cc2cnc(NC3CCC(N)CC3)nc12. The summed E-state index contributed by atoms with van der Waals surface area (Å²) in [6.07, 6.45) is 1.74. The van der Waals surface area contributed by atoms with Gasteiger partial charge in [-0.15, -0.1) is 0 Å². The van der Waals surface area contributed by atoms with Crippen molar-refractivity contribution in [3.63, 3.8) is 0 Å². The fourth-order valence-corrected chi connectivity index (χ4v) is 5.37. The molecule has 11 heteroatoms. The molecule has 4 N–H and O–H groups in total. The van der Waals surface area contributed by atoms with Gasteiger partial charge >= 0.3 is 6.18 Å². The molecule has 1 saturated carbocycles. The molecule has 2 heterocycles. The van der Waals surface area contributed by atoms with Crippen LogP contribution in [0.3, 0.4) is 0 Å². The number of carbonyl (C=O) groups is 1. The van der Waals surface area contributed by atoms with Crippen molar-refractivity contribution < 1.29 is 18.0 Å². The van der Waals surface area contributed by atoms with Crippen LogP contribution in [0.1, 0.15) is 50.7 Å². The van der Waals surface area contributed by atoms with Crippen LogP contribution in [0.4, 0.5) is 24.8 Å². The Morgan fingerprint density at radius 3 is 2.58 bits per heavy atom. The van der Waals surface area contributed by atoms with E-state index in [0.717, 1.165) is 53.8 Å². The van der Waals surface area contributed by atoms with Crippen LogP contribution in [0.2, 0.25) is 0 Å². The number of nitrogens with one attached hydrogen (secondary N) is 2. The molecule has 1 fully saturated rings. The number of hydrogen-bond donors (Lipinski definition) is 3. The number of rotatable bonds is 6. The van der Waals surface area contributed by atoms with Crippen LogP contribution in [0.15, 0.2) is 42.6 Å². The Balaban J connectivity index is 1.54. The van der Waals surface area contributed by atoms with Gasteiger partial charge in [-0.2, -0.15) is 18.3 Å². The van der Waals surface area contributed by atoms with Crippen LogP contribution in [0, 0.1) is 0 Å². The van der Waals surface area contributed by atoms with Crippen molar-refractivity contribution in [2.75, 3.05) is 10.6 Å². The molecule has 0 radical (unpaired) electrons. The standard InChI is InChI=1S/C29H32F3N7O/c1-4-17-12-18(13-19-15-34-28(37-27(17)19)36-21-10-8-20(33)9-11-21)25-14-24(38-39(25)3)26-22(29(30,31)32)6-5-7-23(26)35-16(2)40/h5-7,12-15,20-21H,4,8-11,33H2,1-3H3,(H,35,40)(H,34,36,37). The van der Waals surface area contributed by atoms with Gasteiger partial charge in [-0.3, -0.25) is 9.48 Å². The van der Waals surface area contributed by atoms with E-state index < -0.39 is 17.6 Å². The summed E-state index contributed by atoms with van der Waals surface area (Å²) in [5.41, 5.74) is 8.36. The maximum Gasteiger partial charge on any atom is 0.417 e. The number of nitrogens with zero attached hydrogens (tertiary/aromatic N) is 4. The van der Waals surface area contributed by atoms with Crippen LogP contribution in [0.5, 0.6) is 0 Å². The number of carbonyl (C=O) groups excluding carboxylic acids is 1. The van der Waals surface area contributed by atoms with Crippen molar-refractivity contribution in [2.24, 2.45) is 12.8 Å². The lowest BCUT2D eigenvalue weighted by molar-refractivity contribution is -0.137. The maximum absolute atomic E-state index is 14.0. The van der Waals surface area contributed by atoms with E-state index in [1.165, 1.54) is 19.1 Å². The van der Waals surface area contributed by atoms with Crippen LogP contribution in [-0.2, 0) is 24.4 Å². The Bertz CT molecular complexity index is 1560. The first-order valence-corrected chi connectivity index (χ1v) is 13.4. The van der Waals surface area contributed by atoms with Crippen molar-refractivity contribution in [3.8, 4) is 22.5 Å². The van der Waals surface area contributed by atoms with Crippen molar-refractivity contribution in [3.05, 3.63) is 53.7 Å². The fraction of sp³-hybridized carbons (Fsp3) is 0.379. The molecule has 1 amide bonds. The number of fused-ring (bicyclic) bond motifs is 1. The third-order valence-corrected chi connectivity index (χ3v) is 7.36. The number of amides is 1. The zero-order valence-corrected chi connectivity index (χ0v) is 22.6. The summed E-state index contributed by atoms with van der Waals surface area (Å²) >= 11 is 0. The predicted molar refractivity (Wildman–Crippen MR) is 150 cm³/mol. The zero-order valence-electron chi connectivity index (χ0n) is 22.6. The third kappa shape index (κ3) is 5.65. The average molecular weight is 552 g/mol. The van der Waals surface area contributed by atoms with Gasteiger partial charge in [-0.05, 0) is 68.0 Å². The summed E-state index contributed by atoms with van der Waals surface area (Å²) in [5, 5.41) is 11.2. The molecule has 8 nitrogen and oxygen atoms in total. The summed E-state index contributed by atoms with van der Waals surface area (Å²) in [7, 11) is 1.68. The van der Waals surface area contributed by atoms with Crippen LogP contribution < -0.4 is 16.4 Å². The minimum Gasteiger partial charge on any atom is -0.351 e. The van der Waals surface area contributed by atoms with Gasteiger partial charge in [0, 0.05) is 48.8 Å². The molecule has 0 unspecified atom stereocenters.